The van der Waals surface area contributed by atoms with E-state index in [0.717, 1.165) is 5.56 Å². The van der Waals surface area contributed by atoms with Crippen molar-refractivity contribution in [3.8, 4) is 0 Å². The Labute approximate surface area is 116 Å². The normalized spacial score (nSPS) is 21.6. The molecule has 108 valence electrons. The van der Waals surface area contributed by atoms with E-state index >= 15 is 0 Å². The van der Waals surface area contributed by atoms with Gasteiger partial charge in [0, 0.05) is 26.4 Å². The van der Waals surface area contributed by atoms with Gasteiger partial charge >= 0.3 is 5.97 Å². The van der Waals surface area contributed by atoms with Gasteiger partial charge in [-0.1, -0.05) is 6.07 Å². The van der Waals surface area contributed by atoms with Gasteiger partial charge < -0.3 is 20.5 Å². The topological polar surface area (TPSA) is 101 Å². The first-order chi connectivity index (χ1) is 9.60. The Morgan fingerprint density at radius 3 is 2.90 bits per heavy atom. The first-order valence-electron chi connectivity index (χ1n) is 6.32. The predicted octanol–water partition coefficient (Wildman–Crippen LogP) is -0.227. The molecule has 1 saturated heterocycles. The van der Waals surface area contributed by atoms with Gasteiger partial charge in [-0.15, -0.1) is 0 Å². The van der Waals surface area contributed by atoms with Gasteiger partial charge in [-0.3, -0.25) is 4.79 Å². The maximum absolute atomic E-state index is 11.9. The highest BCUT2D eigenvalue weighted by Gasteiger charge is 2.28. The molecular formula is C13H17N3O4. The van der Waals surface area contributed by atoms with E-state index in [0.29, 0.717) is 19.5 Å². The molecule has 3 N–H and O–H groups in total. The Morgan fingerprint density at radius 1 is 1.55 bits per heavy atom. The molecule has 1 aromatic rings. The van der Waals surface area contributed by atoms with Crippen LogP contribution >= 0.6 is 0 Å². The minimum atomic E-state index is -1.07. The van der Waals surface area contributed by atoms with Gasteiger partial charge in [-0.05, 0) is 18.1 Å². The Hall–Kier alpha value is -1.99. The maximum Gasteiger partial charge on any atom is 0.354 e. The second-order valence-electron chi connectivity index (χ2n) is 4.63. The van der Waals surface area contributed by atoms with Crippen molar-refractivity contribution >= 4 is 11.9 Å². The molecule has 0 bridgehead atoms. The number of methoxy groups -OCH3 is 1. The van der Waals surface area contributed by atoms with Gasteiger partial charge in [-0.2, -0.15) is 0 Å². The quantitative estimate of drug-likeness (QED) is 0.688. The number of nitrogens with one attached hydrogen (secondary N) is 2. The van der Waals surface area contributed by atoms with Crippen molar-refractivity contribution < 1.29 is 19.4 Å². The number of carboxylic acid groups (broad SMARTS) is 1. The van der Waals surface area contributed by atoms with Crippen LogP contribution in [0, 0.1) is 0 Å². The van der Waals surface area contributed by atoms with Crippen LogP contribution in [0.4, 0.5) is 0 Å². The largest absolute Gasteiger partial charge is 0.477 e. The molecule has 1 aliphatic heterocycles. The first-order valence-corrected chi connectivity index (χ1v) is 6.32. The van der Waals surface area contributed by atoms with Crippen LogP contribution < -0.4 is 10.6 Å². The van der Waals surface area contributed by atoms with Crippen LogP contribution in [0.25, 0.3) is 0 Å². The number of rotatable bonds is 5. The molecular weight excluding hydrogens is 262 g/mol. The lowest BCUT2D eigenvalue weighted by atomic mass is 10.2. The van der Waals surface area contributed by atoms with E-state index < -0.39 is 5.97 Å². The first kappa shape index (κ1) is 14.4. The summed E-state index contributed by atoms with van der Waals surface area (Å²) in [6.45, 7) is 0.991. The van der Waals surface area contributed by atoms with Gasteiger partial charge in [0.1, 0.15) is 5.69 Å². The van der Waals surface area contributed by atoms with Gasteiger partial charge in [-0.25, -0.2) is 9.78 Å². The summed E-state index contributed by atoms with van der Waals surface area (Å²) in [5.41, 5.74) is 0.741. The number of nitrogens with zero attached hydrogens (tertiary/aromatic N) is 1. The number of hydrogen-bond acceptors (Lipinski definition) is 5. The zero-order valence-electron chi connectivity index (χ0n) is 11.1. The Kier molecular flexibility index (Phi) is 4.65. The summed E-state index contributed by atoms with van der Waals surface area (Å²) in [6, 6.07) is 2.81. The van der Waals surface area contributed by atoms with Crippen molar-refractivity contribution in [3.05, 3.63) is 29.6 Å². The number of hydrogen-bond donors (Lipinski definition) is 3. The van der Waals surface area contributed by atoms with Gasteiger partial charge in [0.25, 0.3) is 0 Å². The molecule has 1 amide bonds. The number of carboxylic acids is 1. The molecule has 0 spiro atoms. The molecule has 1 aromatic heterocycles. The molecule has 0 saturated carbocycles. The number of ether oxygens (including phenoxy) is 1. The van der Waals surface area contributed by atoms with Crippen LogP contribution in [0.5, 0.6) is 0 Å². The fraction of sp³-hybridized carbons (Fsp3) is 0.462. The predicted molar refractivity (Wildman–Crippen MR) is 70.2 cm³/mol. The van der Waals surface area contributed by atoms with E-state index in [-0.39, 0.29) is 23.7 Å². The summed E-state index contributed by atoms with van der Waals surface area (Å²) < 4.78 is 5.18. The number of amides is 1. The van der Waals surface area contributed by atoms with Crippen molar-refractivity contribution in [2.24, 2.45) is 0 Å². The highest BCUT2D eigenvalue weighted by Crippen LogP contribution is 2.09. The Bertz CT molecular complexity index is 489. The minimum Gasteiger partial charge on any atom is -0.477 e. The van der Waals surface area contributed by atoms with E-state index in [9.17, 15) is 9.59 Å². The van der Waals surface area contributed by atoms with Gasteiger partial charge in [0.15, 0.2) is 0 Å². The van der Waals surface area contributed by atoms with Crippen LogP contribution in [-0.4, -0.2) is 47.8 Å². The second-order valence-corrected chi connectivity index (χ2v) is 4.63. The molecule has 0 radical (unpaired) electrons. The van der Waals surface area contributed by atoms with Gasteiger partial charge in [0.05, 0.1) is 12.1 Å². The highest BCUT2D eigenvalue weighted by molar-refractivity contribution is 5.85. The van der Waals surface area contributed by atoms with E-state index in [1.54, 1.807) is 13.2 Å². The summed E-state index contributed by atoms with van der Waals surface area (Å²) in [6.07, 6.45) is 2.17. The van der Waals surface area contributed by atoms with Crippen molar-refractivity contribution in [2.45, 2.75) is 25.1 Å². The zero-order valence-corrected chi connectivity index (χ0v) is 11.1. The molecule has 20 heavy (non-hydrogen) atoms. The second kappa shape index (κ2) is 6.44. The van der Waals surface area contributed by atoms with Crippen molar-refractivity contribution in [3.63, 3.8) is 0 Å². The van der Waals surface area contributed by atoms with Crippen LogP contribution in [0.2, 0.25) is 0 Å². The lowest BCUT2D eigenvalue weighted by Crippen LogP contribution is -2.40. The lowest BCUT2D eigenvalue weighted by molar-refractivity contribution is -0.123. The van der Waals surface area contributed by atoms with Crippen molar-refractivity contribution in [1.29, 1.82) is 0 Å². The number of aromatic nitrogens is 1. The SMILES string of the molecule is COC1CNC(C(=O)NCc2ccc(C(=O)O)nc2)C1. The molecule has 2 atom stereocenters. The molecule has 2 unspecified atom stereocenters. The van der Waals surface area contributed by atoms with Gasteiger partial charge in [0.2, 0.25) is 5.91 Å². The smallest absolute Gasteiger partial charge is 0.354 e. The Morgan fingerprint density at radius 2 is 2.35 bits per heavy atom. The van der Waals surface area contributed by atoms with E-state index in [1.165, 1.54) is 12.3 Å². The molecule has 0 aromatic carbocycles. The number of carbonyl (C=O) groups is 2. The summed E-state index contributed by atoms with van der Waals surface area (Å²) in [4.78, 5) is 26.4. The zero-order chi connectivity index (χ0) is 14.5. The standard InChI is InChI=1S/C13H17N3O4/c1-20-9-4-11(15-7-9)12(17)16-6-8-2-3-10(13(18)19)14-5-8/h2-3,5,9,11,15H,4,6-7H2,1H3,(H,16,17)(H,18,19). The molecule has 0 aliphatic carbocycles. The monoisotopic (exact) mass is 279 g/mol. The fourth-order valence-corrected chi connectivity index (χ4v) is 2.05. The number of carbonyl (C=O) groups excluding carboxylic acids is 1. The Balaban J connectivity index is 1.83. The average molecular weight is 279 g/mol. The van der Waals surface area contributed by atoms with Crippen LogP contribution in [0.1, 0.15) is 22.5 Å². The van der Waals surface area contributed by atoms with Crippen LogP contribution in [-0.2, 0) is 16.1 Å². The molecule has 7 nitrogen and oxygen atoms in total. The third kappa shape index (κ3) is 3.52. The fourth-order valence-electron chi connectivity index (χ4n) is 2.05. The maximum atomic E-state index is 11.9. The summed E-state index contributed by atoms with van der Waals surface area (Å²) in [5, 5.41) is 14.6. The van der Waals surface area contributed by atoms with Crippen molar-refractivity contribution in [1.82, 2.24) is 15.6 Å². The lowest BCUT2D eigenvalue weighted by Gasteiger charge is -2.11. The van der Waals surface area contributed by atoms with Crippen LogP contribution in [0.15, 0.2) is 18.3 Å². The summed E-state index contributed by atoms with van der Waals surface area (Å²) in [5.74, 6) is -1.16. The minimum absolute atomic E-state index is 0.0135. The third-order valence-electron chi connectivity index (χ3n) is 3.25. The molecule has 2 heterocycles. The van der Waals surface area contributed by atoms with E-state index in [4.69, 9.17) is 9.84 Å². The molecule has 1 aliphatic rings. The highest BCUT2D eigenvalue weighted by atomic mass is 16.5. The molecule has 1 fully saturated rings. The van der Waals surface area contributed by atoms with Crippen molar-refractivity contribution in [2.75, 3.05) is 13.7 Å². The molecule has 7 heteroatoms. The number of pyridine rings is 1. The van der Waals surface area contributed by atoms with Crippen LogP contribution in [0.3, 0.4) is 0 Å². The molecule has 2 rings (SSSR count). The summed E-state index contributed by atoms with van der Waals surface area (Å²) in [7, 11) is 1.63. The summed E-state index contributed by atoms with van der Waals surface area (Å²) >= 11 is 0. The third-order valence-corrected chi connectivity index (χ3v) is 3.25. The average Bonchev–Trinajstić information content (AvgIpc) is 2.94. The van der Waals surface area contributed by atoms with E-state index in [2.05, 4.69) is 15.6 Å². The number of aromatic carboxylic acids is 1. The van der Waals surface area contributed by atoms with E-state index in [1.807, 2.05) is 0 Å².